The first kappa shape index (κ1) is 18.1. The lowest BCUT2D eigenvalue weighted by molar-refractivity contribution is -0.137. The number of nitrogens with zero attached hydrogens (tertiary/aromatic N) is 6. The summed E-state index contributed by atoms with van der Waals surface area (Å²) in [5, 5.41) is 12.7. The molecule has 0 atom stereocenters. The molecule has 0 saturated carbocycles. The highest BCUT2D eigenvalue weighted by molar-refractivity contribution is 7.09. The fraction of sp³-hybridized carbons (Fsp3) is 0.235. The zero-order chi connectivity index (χ0) is 19.7. The summed E-state index contributed by atoms with van der Waals surface area (Å²) in [7, 11) is 0. The van der Waals surface area contributed by atoms with Crippen molar-refractivity contribution in [2.75, 3.05) is 16.8 Å². The minimum absolute atomic E-state index is 0.339. The maximum Gasteiger partial charge on any atom is 0.417 e. The Balaban J connectivity index is 1.62. The average molecular weight is 403 g/mol. The lowest BCUT2D eigenvalue weighted by Gasteiger charge is -2.31. The summed E-state index contributed by atoms with van der Waals surface area (Å²) in [5.74, 6) is 0.622. The Morgan fingerprint density at radius 2 is 2.04 bits per heavy atom. The van der Waals surface area contributed by atoms with Crippen LogP contribution in [0.25, 0.3) is 0 Å². The fourth-order valence-corrected chi connectivity index (χ4v) is 3.50. The van der Waals surface area contributed by atoms with Crippen LogP contribution in [0.3, 0.4) is 0 Å². The minimum atomic E-state index is -4.59. The first-order valence-corrected chi connectivity index (χ1v) is 8.96. The summed E-state index contributed by atoms with van der Waals surface area (Å²) in [5.41, 5.74) is 0.707. The van der Waals surface area contributed by atoms with E-state index in [2.05, 4.69) is 24.6 Å². The zero-order valence-corrected chi connectivity index (χ0v) is 15.0. The molecule has 142 valence electrons. The Morgan fingerprint density at radius 1 is 1.18 bits per heavy atom. The summed E-state index contributed by atoms with van der Waals surface area (Å²) in [6, 6.07) is 5.35. The Labute approximate surface area is 161 Å². The van der Waals surface area contributed by atoms with E-state index in [1.807, 2.05) is 0 Å². The van der Waals surface area contributed by atoms with Crippen LogP contribution in [-0.2, 0) is 19.1 Å². The third-order valence-corrected chi connectivity index (χ3v) is 4.97. The molecule has 0 saturated heterocycles. The molecule has 11 heteroatoms. The van der Waals surface area contributed by atoms with E-state index < -0.39 is 11.7 Å². The van der Waals surface area contributed by atoms with Gasteiger partial charge in [0.25, 0.3) is 0 Å². The number of benzene rings is 1. The topological polar surface area (TPSA) is 90.6 Å². The summed E-state index contributed by atoms with van der Waals surface area (Å²) in [6.07, 6.45) is -1.19. The van der Waals surface area contributed by atoms with Gasteiger partial charge >= 0.3 is 6.18 Å². The van der Waals surface area contributed by atoms with Crippen molar-refractivity contribution in [1.82, 2.24) is 19.3 Å². The molecule has 0 radical (unpaired) electrons. The molecule has 3 aromatic rings. The van der Waals surface area contributed by atoms with Crippen molar-refractivity contribution < 1.29 is 13.2 Å². The van der Waals surface area contributed by atoms with Crippen molar-refractivity contribution in [2.45, 2.75) is 19.1 Å². The number of nitrogens with one attached hydrogen (secondary N) is 1. The molecule has 0 aliphatic carbocycles. The molecule has 7 nitrogen and oxygen atoms in total. The second-order valence-electron chi connectivity index (χ2n) is 6.03. The SMILES string of the molecule is N#Cc1ccc(N2CCc3c(ncnc3Nc3ncns3)C2)cc1C(F)(F)F. The molecule has 0 spiro atoms. The van der Waals surface area contributed by atoms with E-state index in [9.17, 15) is 13.2 Å². The van der Waals surface area contributed by atoms with Crippen LogP contribution < -0.4 is 10.2 Å². The molecule has 1 N–H and O–H groups in total. The van der Waals surface area contributed by atoms with Crippen LogP contribution in [0, 0.1) is 11.3 Å². The van der Waals surface area contributed by atoms with Gasteiger partial charge in [-0.3, -0.25) is 0 Å². The predicted octanol–water partition coefficient (Wildman–Crippen LogP) is 3.52. The number of fused-ring (bicyclic) bond motifs is 1. The summed E-state index contributed by atoms with van der Waals surface area (Å²) < 4.78 is 43.7. The monoisotopic (exact) mass is 403 g/mol. The maximum absolute atomic E-state index is 13.2. The normalized spacial score (nSPS) is 13.7. The smallest absolute Gasteiger partial charge is 0.365 e. The number of rotatable bonds is 3. The molecule has 3 heterocycles. The van der Waals surface area contributed by atoms with E-state index in [4.69, 9.17) is 5.26 Å². The molecule has 0 fully saturated rings. The van der Waals surface area contributed by atoms with Gasteiger partial charge in [0, 0.05) is 29.3 Å². The molecular weight excluding hydrogens is 391 g/mol. The van der Waals surface area contributed by atoms with Crippen LogP contribution in [-0.4, -0.2) is 25.9 Å². The second kappa shape index (κ2) is 7.05. The molecule has 4 rings (SSSR count). The van der Waals surface area contributed by atoms with Crippen LogP contribution in [0.5, 0.6) is 0 Å². The van der Waals surface area contributed by atoms with Gasteiger partial charge in [0.2, 0.25) is 5.13 Å². The Hall–Kier alpha value is -3.26. The Morgan fingerprint density at radius 3 is 2.75 bits per heavy atom. The van der Waals surface area contributed by atoms with Gasteiger partial charge < -0.3 is 10.2 Å². The number of aromatic nitrogens is 4. The molecule has 2 aromatic heterocycles. The minimum Gasteiger partial charge on any atom is -0.365 e. The van der Waals surface area contributed by atoms with Crippen molar-refractivity contribution in [3.05, 3.63) is 53.2 Å². The van der Waals surface area contributed by atoms with E-state index in [0.717, 1.165) is 17.3 Å². The molecule has 0 bridgehead atoms. The Bertz CT molecular complexity index is 1040. The zero-order valence-electron chi connectivity index (χ0n) is 14.2. The van der Waals surface area contributed by atoms with Gasteiger partial charge in [-0.15, -0.1) is 0 Å². The second-order valence-corrected chi connectivity index (χ2v) is 6.81. The number of anilines is 3. The number of hydrogen-bond acceptors (Lipinski definition) is 8. The molecular formula is C17H12F3N7S. The van der Waals surface area contributed by atoms with Crippen molar-refractivity contribution in [3.8, 4) is 6.07 Å². The van der Waals surface area contributed by atoms with E-state index in [0.29, 0.717) is 36.1 Å². The third kappa shape index (κ3) is 3.46. The highest BCUT2D eigenvalue weighted by Crippen LogP contribution is 2.36. The largest absolute Gasteiger partial charge is 0.417 e. The van der Waals surface area contributed by atoms with Crippen LogP contribution in [0.1, 0.15) is 22.4 Å². The van der Waals surface area contributed by atoms with Crippen molar-refractivity contribution >= 4 is 28.2 Å². The number of hydrogen-bond donors (Lipinski definition) is 1. The van der Waals surface area contributed by atoms with Crippen LogP contribution >= 0.6 is 11.5 Å². The van der Waals surface area contributed by atoms with Crippen LogP contribution in [0.15, 0.2) is 30.9 Å². The van der Waals surface area contributed by atoms with E-state index in [1.165, 1.54) is 36.3 Å². The maximum atomic E-state index is 13.2. The van der Waals surface area contributed by atoms with E-state index >= 15 is 0 Å². The predicted molar refractivity (Wildman–Crippen MR) is 96.1 cm³/mol. The van der Waals surface area contributed by atoms with Crippen molar-refractivity contribution in [1.29, 1.82) is 5.26 Å². The van der Waals surface area contributed by atoms with Gasteiger partial charge in [0.1, 0.15) is 18.5 Å². The highest BCUT2D eigenvalue weighted by Gasteiger charge is 2.34. The van der Waals surface area contributed by atoms with E-state index in [-0.39, 0.29) is 5.56 Å². The fourth-order valence-electron chi connectivity index (χ4n) is 3.07. The molecule has 0 unspecified atom stereocenters. The average Bonchev–Trinajstić information content (AvgIpc) is 3.20. The van der Waals surface area contributed by atoms with Crippen molar-refractivity contribution in [3.63, 3.8) is 0 Å². The summed E-state index contributed by atoms with van der Waals surface area (Å²) in [4.78, 5) is 14.4. The standard InChI is InChI=1S/C17H12F3N7S/c18-17(19,20)13-5-11(2-1-10(13)6-21)27-4-3-12-14(7-27)22-8-23-15(12)26-16-24-9-25-28-16/h1-2,5,8-9H,3-4,7H2,(H,22,23,24,25,26). The van der Waals surface area contributed by atoms with Gasteiger partial charge in [-0.1, -0.05) is 0 Å². The van der Waals surface area contributed by atoms with Crippen LogP contribution in [0.4, 0.5) is 29.8 Å². The molecule has 1 aliphatic heterocycles. The lowest BCUT2D eigenvalue weighted by Crippen LogP contribution is -2.32. The lowest BCUT2D eigenvalue weighted by atomic mass is 10.0. The van der Waals surface area contributed by atoms with Gasteiger partial charge in [0.05, 0.1) is 29.4 Å². The van der Waals surface area contributed by atoms with Gasteiger partial charge in [0.15, 0.2) is 0 Å². The first-order valence-electron chi connectivity index (χ1n) is 8.18. The Kier molecular flexibility index (Phi) is 4.56. The quantitative estimate of drug-likeness (QED) is 0.715. The highest BCUT2D eigenvalue weighted by atomic mass is 32.1. The van der Waals surface area contributed by atoms with E-state index in [1.54, 1.807) is 11.0 Å². The van der Waals surface area contributed by atoms with Crippen molar-refractivity contribution in [2.24, 2.45) is 0 Å². The van der Waals surface area contributed by atoms with Crippen LogP contribution in [0.2, 0.25) is 0 Å². The van der Waals surface area contributed by atoms with Gasteiger partial charge in [-0.2, -0.15) is 22.8 Å². The number of halogens is 3. The molecule has 1 aromatic carbocycles. The number of alkyl halides is 3. The van der Waals surface area contributed by atoms with Gasteiger partial charge in [-0.25, -0.2) is 15.0 Å². The summed E-state index contributed by atoms with van der Waals surface area (Å²) >= 11 is 1.20. The third-order valence-electron chi connectivity index (χ3n) is 4.39. The number of nitriles is 1. The molecule has 28 heavy (non-hydrogen) atoms. The summed E-state index contributed by atoms with van der Waals surface area (Å²) in [6.45, 7) is 0.834. The first-order chi connectivity index (χ1) is 13.5. The van der Waals surface area contributed by atoms with Gasteiger partial charge in [-0.05, 0) is 24.6 Å². The molecule has 1 aliphatic rings. The molecule has 0 amide bonds.